The van der Waals surface area contributed by atoms with Gasteiger partial charge in [-0.15, -0.1) is 0 Å². The quantitative estimate of drug-likeness (QED) is 0.0183. The average Bonchev–Trinajstić information content (AvgIpc) is 4.18. The smallest absolute Gasteiger partial charge is 0.382 e. The Morgan fingerprint density at radius 2 is 1.43 bits per heavy atom. The fraction of sp³-hybridized carbons (Fsp3) is 0.389. The molecule has 0 fully saturated rings. The van der Waals surface area contributed by atoms with Gasteiger partial charge in [0.2, 0.25) is 17.8 Å². The number of halogens is 4. The Hall–Kier alpha value is -7.21. The largest absolute Gasteiger partial charge is 0.416 e. The third kappa shape index (κ3) is 15.9. The zero-order chi connectivity index (χ0) is 54.7. The number of nitrogens with one attached hydrogen (secondary N) is 5. The van der Waals surface area contributed by atoms with Crippen LogP contribution in [0.2, 0.25) is 5.02 Å². The minimum absolute atomic E-state index is 0.0134. The number of carbonyl (C=O) groups excluding carboxylic acids is 5. The van der Waals surface area contributed by atoms with Crippen LogP contribution in [-0.4, -0.2) is 147 Å². The molecule has 77 heavy (non-hydrogen) atoms. The molecule has 19 nitrogen and oxygen atoms in total. The Balaban J connectivity index is 0.697. The number of aromatic amines is 2. The Morgan fingerprint density at radius 3 is 2.12 bits per heavy atom. The van der Waals surface area contributed by atoms with Crippen molar-refractivity contribution in [3.05, 3.63) is 134 Å². The second-order valence-corrected chi connectivity index (χ2v) is 18.2. The van der Waals surface area contributed by atoms with E-state index in [2.05, 4.69) is 31.0 Å². The van der Waals surface area contributed by atoms with Gasteiger partial charge in [0.25, 0.3) is 17.4 Å². The van der Waals surface area contributed by atoms with Gasteiger partial charge in [-0.25, -0.2) is 4.98 Å². The van der Waals surface area contributed by atoms with Gasteiger partial charge in [-0.1, -0.05) is 54.1 Å². The van der Waals surface area contributed by atoms with E-state index in [0.717, 1.165) is 41.0 Å². The molecule has 410 valence electrons. The van der Waals surface area contributed by atoms with E-state index in [0.29, 0.717) is 90.7 Å². The van der Waals surface area contributed by atoms with Gasteiger partial charge >= 0.3 is 6.18 Å². The number of ether oxygens (including phenoxy) is 5. The average molecular weight is 1090 g/mol. The van der Waals surface area contributed by atoms with Gasteiger partial charge in [0.15, 0.2) is 0 Å². The lowest BCUT2D eigenvalue weighted by atomic mass is 9.99. The molecule has 1 unspecified atom stereocenters. The highest BCUT2D eigenvalue weighted by atomic mass is 35.5. The van der Waals surface area contributed by atoms with E-state index in [4.69, 9.17) is 35.3 Å². The van der Waals surface area contributed by atoms with Crippen LogP contribution in [0.3, 0.4) is 0 Å². The summed E-state index contributed by atoms with van der Waals surface area (Å²) in [6.07, 6.45) is -1.60. The fourth-order valence-corrected chi connectivity index (χ4v) is 8.60. The molecule has 0 aliphatic carbocycles. The number of carbonyl (C=O) groups is 5. The molecular formula is C54H60ClF3N8O11. The highest BCUT2D eigenvalue weighted by Crippen LogP contribution is 2.33. The monoisotopic (exact) mass is 1090 g/mol. The molecule has 5 N–H and O–H groups in total. The molecule has 7 rings (SSSR count). The topological polar surface area (TPSA) is 237 Å². The highest BCUT2D eigenvalue weighted by molar-refractivity contribution is 6.31. The summed E-state index contributed by atoms with van der Waals surface area (Å²) in [7, 11) is 1.46. The van der Waals surface area contributed by atoms with Gasteiger partial charge in [0.1, 0.15) is 12.9 Å². The molecule has 1 aliphatic rings. The minimum Gasteiger partial charge on any atom is -0.382 e. The number of anilines is 1. The van der Waals surface area contributed by atoms with Gasteiger partial charge in [-0.2, -0.15) is 17.9 Å². The summed E-state index contributed by atoms with van der Waals surface area (Å²) in [5, 5.41) is 11.8. The van der Waals surface area contributed by atoms with Crippen LogP contribution in [0.1, 0.15) is 62.2 Å². The zero-order valence-electron chi connectivity index (χ0n) is 42.3. The van der Waals surface area contributed by atoms with Crippen molar-refractivity contribution < 1.29 is 60.8 Å². The van der Waals surface area contributed by atoms with Crippen LogP contribution in [0, 0.1) is 0 Å². The minimum atomic E-state index is -4.50. The van der Waals surface area contributed by atoms with E-state index in [1.807, 2.05) is 24.3 Å². The molecule has 0 saturated carbocycles. The maximum absolute atomic E-state index is 13.9. The molecule has 4 aromatic carbocycles. The number of aryl methyl sites for hydroxylation is 2. The van der Waals surface area contributed by atoms with E-state index >= 15 is 0 Å². The van der Waals surface area contributed by atoms with Crippen molar-refractivity contribution in [2.24, 2.45) is 0 Å². The third-order valence-electron chi connectivity index (χ3n) is 12.4. The van der Waals surface area contributed by atoms with E-state index < -0.39 is 29.6 Å². The number of hydrogen-bond donors (Lipinski definition) is 5. The van der Waals surface area contributed by atoms with Gasteiger partial charge < -0.3 is 49.4 Å². The summed E-state index contributed by atoms with van der Waals surface area (Å²) in [6, 6.07) is 21.6. The van der Waals surface area contributed by atoms with Crippen molar-refractivity contribution in [2.75, 3.05) is 91.5 Å². The molecule has 3 heterocycles. The van der Waals surface area contributed by atoms with Gasteiger partial charge in [-0.3, -0.25) is 34.0 Å². The second-order valence-electron chi connectivity index (χ2n) is 17.7. The molecular weight excluding hydrogens is 1030 g/mol. The Kier molecular flexibility index (Phi) is 21.1. The Labute approximate surface area is 446 Å². The number of imidazole rings is 1. The number of alkyl halides is 3. The van der Waals surface area contributed by atoms with E-state index in [1.165, 1.54) is 29.9 Å². The molecule has 6 aromatic rings. The number of rotatable bonds is 32. The van der Waals surface area contributed by atoms with Crippen LogP contribution in [0.25, 0.3) is 28.2 Å². The SMILES string of the molecule is CNC(=O)CCC(C=O)N1C(=O)c2cccc(NCCOCCOCCNC(=O)COCCOCCOCCCc3ccc(CCc4c(-c5ccc(C(F)(F)F)cc5)[nH]n(-c5nc6ccc(Cl)cc6[nH]5)c4=O)cc3)c2C1=O. The number of nitrogens with zero attached hydrogens (tertiary/aromatic N) is 3. The van der Waals surface area contributed by atoms with E-state index in [1.54, 1.807) is 30.3 Å². The Bertz CT molecular complexity index is 3020. The van der Waals surface area contributed by atoms with E-state index in [9.17, 15) is 41.9 Å². The number of aromatic nitrogens is 4. The number of hydrogen-bond acceptors (Lipinski definition) is 13. The fourth-order valence-electron chi connectivity index (χ4n) is 8.42. The number of imide groups is 1. The standard InChI is InChI=1S/C54H60ClF3N8O11/c1-59-46(68)20-17-40(33-67)65-50(70)41-5-2-6-44(48(41)52(65)72)60-21-24-74-27-28-75-25-22-61-47(69)34-77-31-30-76-29-26-73-23-3-4-35-7-9-36(10-8-35)11-18-42-49(37-12-14-38(15-13-37)54(56,57)58)64-66(51(42)71)53-62-43-19-16-39(55)32-45(43)63-53/h2,5-10,12-16,19,32-33,40,60,64H,3-4,11,17-18,20-31,34H2,1H3,(H,59,68)(H,61,69)(H,62,63). The number of H-pyrrole nitrogens is 2. The first-order valence-corrected chi connectivity index (χ1v) is 25.4. The summed E-state index contributed by atoms with van der Waals surface area (Å²) < 4.78 is 69.1. The lowest BCUT2D eigenvalue weighted by molar-refractivity contribution is -0.137. The lowest BCUT2D eigenvalue weighted by Gasteiger charge is -2.21. The first-order chi connectivity index (χ1) is 37.2. The first kappa shape index (κ1) is 57.5. The van der Waals surface area contributed by atoms with Crippen molar-refractivity contribution >= 4 is 58.2 Å². The number of fused-ring (bicyclic) bond motifs is 2. The second kappa shape index (κ2) is 28.2. The molecule has 0 spiro atoms. The predicted octanol–water partition coefficient (Wildman–Crippen LogP) is 6.10. The van der Waals surface area contributed by atoms with Gasteiger partial charge in [0.05, 0.1) is 92.3 Å². The van der Waals surface area contributed by atoms with Crippen molar-refractivity contribution in [3.63, 3.8) is 0 Å². The normalized spacial score (nSPS) is 12.8. The number of benzene rings is 4. The number of aldehydes is 1. The van der Waals surface area contributed by atoms with Crippen molar-refractivity contribution in [3.8, 4) is 17.2 Å². The maximum atomic E-state index is 13.9. The summed E-state index contributed by atoms with van der Waals surface area (Å²) in [6.45, 7) is 3.41. The summed E-state index contributed by atoms with van der Waals surface area (Å²) in [5.74, 6) is -1.57. The van der Waals surface area contributed by atoms with Crippen molar-refractivity contribution in [1.29, 1.82) is 0 Å². The molecule has 1 atom stereocenters. The molecule has 0 bridgehead atoms. The van der Waals surface area contributed by atoms with Crippen molar-refractivity contribution in [2.45, 2.75) is 50.7 Å². The molecule has 0 radical (unpaired) electrons. The van der Waals surface area contributed by atoms with Crippen LogP contribution in [0.4, 0.5) is 18.9 Å². The molecule has 23 heteroatoms. The molecule has 4 amide bonds. The van der Waals surface area contributed by atoms with Crippen molar-refractivity contribution in [1.82, 2.24) is 35.3 Å². The highest BCUT2D eigenvalue weighted by Gasteiger charge is 2.41. The predicted molar refractivity (Wildman–Crippen MR) is 279 cm³/mol. The van der Waals surface area contributed by atoms with Crippen LogP contribution in [0.15, 0.2) is 89.7 Å². The molecule has 1 aliphatic heterocycles. The summed E-state index contributed by atoms with van der Waals surface area (Å²) >= 11 is 6.15. The summed E-state index contributed by atoms with van der Waals surface area (Å²) in [5.41, 5.74) is 4.16. The molecule has 0 saturated heterocycles. The van der Waals surface area contributed by atoms with Crippen LogP contribution < -0.4 is 21.5 Å². The van der Waals surface area contributed by atoms with Gasteiger partial charge in [0, 0.05) is 49.4 Å². The zero-order valence-corrected chi connectivity index (χ0v) is 43.1. The lowest BCUT2D eigenvalue weighted by Crippen LogP contribution is -2.41. The first-order valence-electron chi connectivity index (χ1n) is 25.1. The third-order valence-corrected chi connectivity index (χ3v) is 12.7. The Morgan fingerprint density at radius 1 is 0.766 bits per heavy atom. The maximum Gasteiger partial charge on any atom is 0.416 e. The van der Waals surface area contributed by atoms with Crippen LogP contribution in [0.5, 0.6) is 0 Å². The van der Waals surface area contributed by atoms with Gasteiger partial charge in [-0.05, 0) is 91.3 Å². The van der Waals surface area contributed by atoms with E-state index in [-0.39, 0.29) is 93.5 Å². The molecule has 2 aromatic heterocycles. The number of amides is 4. The van der Waals surface area contributed by atoms with Crippen LogP contribution >= 0.6 is 11.6 Å². The summed E-state index contributed by atoms with van der Waals surface area (Å²) in [4.78, 5) is 84.2. The van der Waals surface area contributed by atoms with Crippen LogP contribution in [-0.2, 0) is 63.5 Å².